The zero-order valence-electron chi connectivity index (χ0n) is 14.1. The van der Waals surface area contributed by atoms with Crippen LogP contribution in [0.5, 0.6) is 5.88 Å². The highest BCUT2D eigenvalue weighted by Gasteiger charge is 2.19. The Labute approximate surface area is 164 Å². The highest BCUT2D eigenvalue weighted by atomic mass is 35.5. The molecular formula is C19H13Cl2N3O3. The largest absolute Gasteiger partial charge is 0.494 e. The van der Waals surface area contributed by atoms with Crippen molar-refractivity contribution >= 4 is 35.1 Å². The van der Waals surface area contributed by atoms with Gasteiger partial charge in [-0.2, -0.15) is 5.26 Å². The van der Waals surface area contributed by atoms with E-state index in [1.54, 1.807) is 37.3 Å². The molecule has 0 bridgehead atoms. The van der Waals surface area contributed by atoms with Crippen LogP contribution in [0.3, 0.4) is 0 Å². The van der Waals surface area contributed by atoms with Crippen LogP contribution in [0, 0.1) is 18.3 Å². The lowest BCUT2D eigenvalue weighted by molar-refractivity contribution is 0.397. The van der Waals surface area contributed by atoms with Gasteiger partial charge >= 0.3 is 0 Å². The first-order valence-electron chi connectivity index (χ1n) is 7.81. The van der Waals surface area contributed by atoms with Gasteiger partial charge in [-0.3, -0.25) is 14.4 Å². The molecule has 0 fully saturated rings. The number of aliphatic imine (C=N–C) groups is 1. The number of hydrogen-bond donors (Lipinski definition) is 1. The van der Waals surface area contributed by atoms with Gasteiger partial charge in [0.15, 0.2) is 0 Å². The smallest absolute Gasteiger partial charge is 0.271 e. The van der Waals surface area contributed by atoms with Gasteiger partial charge in [-0.15, -0.1) is 0 Å². The van der Waals surface area contributed by atoms with Crippen molar-refractivity contribution in [1.29, 1.82) is 5.26 Å². The maximum atomic E-state index is 12.6. The summed E-state index contributed by atoms with van der Waals surface area (Å²) in [5.41, 5.74) is 0.140. The van der Waals surface area contributed by atoms with Crippen molar-refractivity contribution in [1.82, 2.24) is 4.57 Å². The normalized spacial score (nSPS) is 11.0. The van der Waals surface area contributed by atoms with Crippen LogP contribution in [-0.4, -0.2) is 15.9 Å². The quantitative estimate of drug-likeness (QED) is 0.654. The number of rotatable bonds is 4. The molecule has 0 saturated heterocycles. The van der Waals surface area contributed by atoms with E-state index in [0.717, 1.165) is 4.57 Å². The zero-order chi connectivity index (χ0) is 19.6. The third-order valence-electron chi connectivity index (χ3n) is 4.00. The Morgan fingerprint density at radius 1 is 1.30 bits per heavy atom. The predicted molar refractivity (Wildman–Crippen MR) is 103 cm³/mol. The van der Waals surface area contributed by atoms with E-state index in [4.69, 9.17) is 27.6 Å². The van der Waals surface area contributed by atoms with E-state index in [9.17, 15) is 15.2 Å². The average Bonchev–Trinajstić information content (AvgIpc) is 3.14. The van der Waals surface area contributed by atoms with E-state index in [1.807, 2.05) is 6.07 Å². The molecule has 27 heavy (non-hydrogen) atoms. The molecule has 6 nitrogen and oxygen atoms in total. The number of pyridine rings is 1. The molecule has 0 aliphatic rings. The fourth-order valence-corrected chi connectivity index (χ4v) is 3.07. The first-order valence-corrected chi connectivity index (χ1v) is 8.56. The van der Waals surface area contributed by atoms with Crippen LogP contribution in [0.4, 0.5) is 5.69 Å². The molecule has 2 heterocycles. The maximum absolute atomic E-state index is 12.6. The van der Waals surface area contributed by atoms with E-state index in [1.165, 1.54) is 12.5 Å². The molecule has 3 rings (SSSR count). The van der Waals surface area contributed by atoms with Gasteiger partial charge in [0.2, 0.25) is 5.88 Å². The van der Waals surface area contributed by atoms with Crippen molar-refractivity contribution in [3.05, 3.63) is 79.4 Å². The number of aromatic nitrogens is 1. The van der Waals surface area contributed by atoms with Crippen LogP contribution in [0.25, 0.3) is 0 Å². The van der Waals surface area contributed by atoms with Gasteiger partial charge in [0.25, 0.3) is 5.56 Å². The van der Waals surface area contributed by atoms with Crippen molar-refractivity contribution in [3.63, 3.8) is 0 Å². The van der Waals surface area contributed by atoms with Crippen LogP contribution in [-0.2, 0) is 6.54 Å². The first kappa shape index (κ1) is 18.8. The summed E-state index contributed by atoms with van der Waals surface area (Å²) in [6.07, 6.45) is 2.79. The molecule has 0 unspecified atom stereocenters. The lowest BCUT2D eigenvalue weighted by Crippen LogP contribution is -2.25. The number of halogens is 2. The molecule has 3 aromatic rings. The summed E-state index contributed by atoms with van der Waals surface area (Å²) in [6.45, 7) is 1.53. The predicted octanol–water partition coefficient (Wildman–Crippen LogP) is 4.43. The number of hydrogen-bond acceptors (Lipinski definition) is 5. The van der Waals surface area contributed by atoms with Gasteiger partial charge in [0, 0.05) is 6.21 Å². The molecule has 8 heteroatoms. The molecule has 0 radical (unpaired) electrons. The summed E-state index contributed by atoms with van der Waals surface area (Å²) < 4.78 is 6.29. The van der Waals surface area contributed by atoms with Crippen molar-refractivity contribution < 1.29 is 9.52 Å². The fourth-order valence-electron chi connectivity index (χ4n) is 2.57. The van der Waals surface area contributed by atoms with E-state index in [0.29, 0.717) is 27.1 Å². The SMILES string of the molecule is Cc1c(C=Nc2c(Cl)cccc2Cl)c(O)n(Cc2ccco2)c(=O)c1C#N. The number of para-hydroxylation sites is 1. The van der Waals surface area contributed by atoms with Gasteiger partial charge in [-0.05, 0) is 36.8 Å². The summed E-state index contributed by atoms with van der Waals surface area (Å²) in [6, 6.07) is 10.2. The van der Waals surface area contributed by atoms with Gasteiger partial charge in [0.05, 0.1) is 28.4 Å². The van der Waals surface area contributed by atoms with Crippen molar-refractivity contribution in [2.45, 2.75) is 13.5 Å². The Morgan fingerprint density at radius 2 is 2.00 bits per heavy atom. The Kier molecular flexibility index (Phi) is 5.36. The fraction of sp³-hybridized carbons (Fsp3) is 0.105. The van der Waals surface area contributed by atoms with Gasteiger partial charge in [-0.25, -0.2) is 0 Å². The number of aromatic hydroxyl groups is 1. The molecule has 0 aliphatic heterocycles. The van der Waals surface area contributed by atoms with Crippen LogP contribution < -0.4 is 5.56 Å². The number of nitrogens with zero attached hydrogens (tertiary/aromatic N) is 3. The first-order chi connectivity index (χ1) is 12.9. The highest BCUT2D eigenvalue weighted by Crippen LogP contribution is 2.33. The average molecular weight is 402 g/mol. The molecule has 0 amide bonds. The second-order valence-electron chi connectivity index (χ2n) is 5.65. The zero-order valence-corrected chi connectivity index (χ0v) is 15.6. The summed E-state index contributed by atoms with van der Waals surface area (Å²) in [7, 11) is 0. The van der Waals surface area contributed by atoms with Crippen LogP contribution in [0.2, 0.25) is 10.0 Å². The van der Waals surface area contributed by atoms with E-state index in [2.05, 4.69) is 4.99 Å². The third kappa shape index (κ3) is 3.61. The monoisotopic (exact) mass is 401 g/mol. The number of furan rings is 1. The maximum Gasteiger partial charge on any atom is 0.271 e. The topological polar surface area (TPSA) is 91.5 Å². The van der Waals surface area contributed by atoms with Crippen LogP contribution in [0.1, 0.15) is 22.5 Å². The minimum atomic E-state index is -0.614. The molecule has 136 valence electrons. The molecule has 1 aromatic carbocycles. The minimum Gasteiger partial charge on any atom is -0.494 e. The van der Waals surface area contributed by atoms with Gasteiger partial charge in [0.1, 0.15) is 23.1 Å². The Hall–Kier alpha value is -3.01. The summed E-state index contributed by atoms with van der Waals surface area (Å²) >= 11 is 12.2. The molecule has 0 spiro atoms. The molecular weight excluding hydrogens is 389 g/mol. The van der Waals surface area contributed by atoms with E-state index < -0.39 is 5.56 Å². The Balaban J connectivity index is 2.16. The summed E-state index contributed by atoms with van der Waals surface area (Å²) in [5, 5.41) is 20.7. The number of nitriles is 1. The van der Waals surface area contributed by atoms with Crippen LogP contribution in [0.15, 0.2) is 50.8 Å². The Bertz CT molecular complexity index is 1110. The molecule has 1 N–H and O–H groups in total. The molecule has 0 atom stereocenters. The van der Waals surface area contributed by atoms with Gasteiger partial charge < -0.3 is 9.52 Å². The lowest BCUT2D eigenvalue weighted by atomic mass is 10.1. The van der Waals surface area contributed by atoms with Crippen molar-refractivity contribution in [3.8, 4) is 11.9 Å². The van der Waals surface area contributed by atoms with E-state index in [-0.39, 0.29) is 23.6 Å². The second-order valence-corrected chi connectivity index (χ2v) is 6.46. The summed E-state index contributed by atoms with van der Waals surface area (Å²) in [5.74, 6) is 0.122. The second kappa shape index (κ2) is 7.70. The van der Waals surface area contributed by atoms with Crippen molar-refractivity contribution in [2.75, 3.05) is 0 Å². The van der Waals surface area contributed by atoms with Crippen LogP contribution >= 0.6 is 23.2 Å². The highest BCUT2D eigenvalue weighted by molar-refractivity contribution is 6.38. The van der Waals surface area contributed by atoms with Gasteiger partial charge in [-0.1, -0.05) is 29.3 Å². The summed E-state index contributed by atoms with van der Waals surface area (Å²) in [4.78, 5) is 16.8. The molecule has 2 aromatic heterocycles. The van der Waals surface area contributed by atoms with E-state index >= 15 is 0 Å². The molecule has 0 saturated carbocycles. The van der Waals surface area contributed by atoms with Crippen molar-refractivity contribution in [2.24, 2.45) is 4.99 Å². The number of benzene rings is 1. The lowest BCUT2D eigenvalue weighted by Gasteiger charge is -2.13. The third-order valence-corrected chi connectivity index (χ3v) is 4.61. The molecule has 0 aliphatic carbocycles. The standard InChI is InChI=1S/C19H13Cl2N3O3/c1-11-13(8-22)18(25)24(10-12-4-3-7-27-12)19(26)14(11)9-23-17-15(20)5-2-6-16(17)21/h2-7,9,26H,10H2,1H3. The minimum absolute atomic E-state index is 0.0275. The Morgan fingerprint density at radius 3 is 2.59 bits per heavy atom.